The molecule has 0 spiro atoms. The molecule has 0 fully saturated rings. The maximum Gasteiger partial charge on any atom is 0.337 e. The van der Waals surface area contributed by atoms with Crippen LogP contribution in [0.1, 0.15) is 25.6 Å². The molecule has 0 aliphatic carbocycles. The van der Waals surface area contributed by atoms with Gasteiger partial charge in [0.15, 0.2) is 0 Å². The average Bonchev–Trinajstić information content (AvgIpc) is 3.13. The molecule has 1 amide bonds. The number of aryl methyl sites for hydroxylation is 1. The lowest BCUT2D eigenvalue weighted by Gasteiger charge is -2.09. The zero-order valence-electron chi connectivity index (χ0n) is 14.2. The summed E-state index contributed by atoms with van der Waals surface area (Å²) >= 11 is 1.31. The van der Waals surface area contributed by atoms with E-state index in [1.54, 1.807) is 36.4 Å². The van der Waals surface area contributed by atoms with E-state index in [1.807, 2.05) is 13.0 Å². The van der Waals surface area contributed by atoms with Crippen molar-refractivity contribution in [3.63, 3.8) is 0 Å². The summed E-state index contributed by atoms with van der Waals surface area (Å²) in [5, 5.41) is 2.82. The summed E-state index contributed by atoms with van der Waals surface area (Å²) in [6.45, 7) is 1.84. The molecule has 0 unspecified atom stereocenters. The molecule has 4 nitrogen and oxygen atoms in total. The Morgan fingerprint density at radius 1 is 1.04 bits per heavy atom. The van der Waals surface area contributed by atoms with E-state index in [0.717, 1.165) is 16.0 Å². The van der Waals surface area contributed by atoms with Gasteiger partial charge in [0, 0.05) is 10.6 Å². The summed E-state index contributed by atoms with van der Waals surface area (Å²) in [5.74, 6) is -1.03. The molecule has 1 aromatic heterocycles. The molecule has 0 saturated heterocycles. The van der Waals surface area contributed by atoms with Crippen molar-refractivity contribution in [3.05, 3.63) is 76.4 Å². The number of halogens is 1. The van der Waals surface area contributed by atoms with Crippen LogP contribution in [0.2, 0.25) is 0 Å². The second kappa shape index (κ2) is 7.49. The highest BCUT2D eigenvalue weighted by Crippen LogP contribution is 2.29. The Labute approximate surface area is 154 Å². The molecule has 26 heavy (non-hydrogen) atoms. The van der Waals surface area contributed by atoms with Gasteiger partial charge in [-0.2, -0.15) is 0 Å². The Kier molecular flexibility index (Phi) is 5.14. The molecule has 132 valence electrons. The monoisotopic (exact) mass is 369 g/mol. The van der Waals surface area contributed by atoms with Crippen LogP contribution in [-0.2, 0) is 4.74 Å². The van der Waals surface area contributed by atoms with Gasteiger partial charge in [0.05, 0.1) is 17.6 Å². The summed E-state index contributed by atoms with van der Waals surface area (Å²) in [6, 6.07) is 14.7. The molecule has 3 rings (SSSR count). The number of anilines is 1. The van der Waals surface area contributed by atoms with Crippen LogP contribution in [0.15, 0.2) is 54.6 Å². The van der Waals surface area contributed by atoms with Crippen LogP contribution < -0.4 is 5.32 Å². The molecule has 1 heterocycles. The molecule has 6 heteroatoms. The summed E-state index contributed by atoms with van der Waals surface area (Å²) in [6.07, 6.45) is 0. The van der Waals surface area contributed by atoms with Gasteiger partial charge in [0.1, 0.15) is 5.82 Å². The lowest BCUT2D eigenvalue weighted by molar-refractivity contribution is 0.0600. The van der Waals surface area contributed by atoms with Gasteiger partial charge in [0.2, 0.25) is 0 Å². The van der Waals surface area contributed by atoms with Gasteiger partial charge >= 0.3 is 5.97 Å². The molecule has 1 N–H and O–H groups in total. The Hall–Kier alpha value is -2.99. The van der Waals surface area contributed by atoms with Crippen LogP contribution >= 0.6 is 11.3 Å². The summed E-state index contributed by atoms with van der Waals surface area (Å²) in [5.41, 5.74) is 2.60. The van der Waals surface area contributed by atoms with Crippen molar-refractivity contribution in [3.8, 4) is 10.4 Å². The zero-order chi connectivity index (χ0) is 18.7. The second-order valence-corrected chi connectivity index (χ2v) is 6.73. The van der Waals surface area contributed by atoms with E-state index >= 15 is 0 Å². The number of hydrogen-bond acceptors (Lipinski definition) is 4. The molecule has 2 aromatic carbocycles. The van der Waals surface area contributed by atoms with E-state index in [-0.39, 0.29) is 11.7 Å². The Morgan fingerprint density at radius 3 is 2.46 bits per heavy atom. The van der Waals surface area contributed by atoms with Crippen LogP contribution in [0, 0.1) is 12.7 Å². The van der Waals surface area contributed by atoms with Crippen LogP contribution in [0.25, 0.3) is 10.4 Å². The Bertz CT molecular complexity index is 963. The quantitative estimate of drug-likeness (QED) is 0.666. The van der Waals surface area contributed by atoms with Crippen molar-refractivity contribution in [2.24, 2.45) is 0 Å². The fourth-order valence-electron chi connectivity index (χ4n) is 2.41. The molecule has 0 saturated carbocycles. The standard InChI is InChI=1S/C20H16FNO3S/c1-12-3-4-14(20(24)25-2)11-16(12)22-19(23)18-10-9-17(26-18)13-5-7-15(21)8-6-13/h3-11H,1-2H3,(H,22,23). The first-order valence-corrected chi connectivity index (χ1v) is 8.65. The van der Waals surface area contributed by atoms with Crippen molar-refractivity contribution >= 4 is 28.9 Å². The first-order chi connectivity index (χ1) is 12.5. The fourth-order valence-corrected chi connectivity index (χ4v) is 3.32. The number of carbonyl (C=O) groups excluding carboxylic acids is 2. The number of ether oxygens (including phenoxy) is 1. The number of benzene rings is 2. The van der Waals surface area contributed by atoms with Gasteiger partial charge in [-0.05, 0) is 54.4 Å². The molecule has 0 radical (unpaired) electrons. The Balaban J connectivity index is 1.81. The Morgan fingerprint density at radius 2 is 1.77 bits per heavy atom. The molecule has 0 aliphatic heterocycles. The van der Waals surface area contributed by atoms with E-state index in [4.69, 9.17) is 4.74 Å². The van der Waals surface area contributed by atoms with Crippen molar-refractivity contribution in [1.29, 1.82) is 0 Å². The van der Waals surface area contributed by atoms with Gasteiger partial charge in [-0.15, -0.1) is 11.3 Å². The minimum Gasteiger partial charge on any atom is -0.465 e. The highest BCUT2D eigenvalue weighted by molar-refractivity contribution is 7.17. The van der Waals surface area contributed by atoms with Gasteiger partial charge in [-0.25, -0.2) is 9.18 Å². The van der Waals surface area contributed by atoms with Crippen molar-refractivity contribution in [2.45, 2.75) is 6.92 Å². The number of hydrogen-bond donors (Lipinski definition) is 1. The third-order valence-corrected chi connectivity index (χ3v) is 5.00. The topological polar surface area (TPSA) is 55.4 Å². The summed E-state index contributed by atoms with van der Waals surface area (Å²) < 4.78 is 17.7. The number of carbonyl (C=O) groups is 2. The van der Waals surface area contributed by atoms with E-state index < -0.39 is 5.97 Å². The predicted octanol–water partition coefficient (Wildman–Crippen LogP) is 4.90. The normalized spacial score (nSPS) is 10.4. The number of esters is 1. The van der Waals surface area contributed by atoms with E-state index in [0.29, 0.717) is 16.1 Å². The number of rotatable bonds is 4. The highest BCUT2D eigenvalue weighted by Gasteiger charge is 2.14. The third kappa shape index (κ3) is 3.81. The van der Waals surface area contributed by atoms with Crippen LogP contribution in [0.3, 0.4) is 0 Å². The first kappa shape index (κ1) is 17.8. The second-order valence-electron chi connectivity index (χ2n) is 5.65. The zero-order valence-corrected chi connectivity index (χ0v) is 15.0. The number of methoxy groups -OCH3 is 1. The van der Waals surface area contributed by atoms with Crippen molar-refractivity contribution in [2.75, 3.05) is 12.4 Å². The molecule has 0 bridgehead atoms. The lowest BCUT2D eigenvalue weighted by Crippen LogP contribution is -2.12. The highest BCUT2D eigenvalue weighted by atomic mass is 32.1. The molecular weight excluding hydrogens is 353 g/mol. The largest absolute Gasteiger partial charge is 0.465 e. The number of amides is 1. The van der Waals surface area contributed by atoms with Crippen LogP contribution in [0.4, 0.5) is 10.1 Å². The van der Waals surface area contributed by atoms with Crippen LogP contribution in [0.5, 0.6) is 0 Å². The molecular formula is C20H16FNO3S. The number of thiophene rings is 1. The molecule has 0 atom stereocenters. The van der Waals surface area contributed by atoms with Gasteiger partial charge in [-0.1, -0.05) is 18.2 Å². The van der Waals surface area contributed by atoms with Crippen LogP contribution in [-0.4, -0.2) is 19.0 Å². The summed E-state index contributed by atoms with van der Waals surface area (Å²) in [4.78, 5) is 25.6. The van der Waals surface area contributed by atoms with E-state index in [1.165, 1.54) is 30.6 Å². The van der Waals surface area contributed by atoms with Gasteiger partial charge < -0.3 is 10.1 Å². The number of nitrogens with one attached hydrogen (secondary N) is 1. The van der Waals surface area contributed by atoms with E-state index in [2.05, 4.69) is 5.32 Å². The van der Waals surface area contributed by atoms with Crippen molar-refractivity contribution < 1.29 is 18.7 Å². The molecule has 3 aromatic rings. The van der Waals surface area contributed by atoms with E-state index in [9.17, 15) is 14.0 Å². The third-order valence-electron chi connectivity index (χ3n) is 3.87. The maximum atomic E-state index is 13.0. The first-order valence-electron chi connectivity index (χ1n) is 7.84. The SMILES string of the molecule is COC(=O)c1ccc(C)c(NC(=O)c2ccc(-c3ccc(F)cc3)s2)c1. The predicted molar refractivity (Wildman–Crippen MR) is 100 cm³/mol. The maximum absolute atomic E-state index is 13.0. The minimum atomic E-state index is -0.463. The van der Waals surface area contributed by atoms with Gasteiger partial charge in [0.25, 0.3) is 5.91 Å². The van der Waals surface area contributed by atoms with Gasteiger partial charge in [-0.3, -0.25) is 4.79 Å². The fraction of sp³-hybridized carbons (Fsp3) is 0.100. The smallest absolute Gasteiger partial charge is 0.337 e. The average molecular weight is 369 g/mol. The van der Waals surface area contributed by atoms with Crippen molar-refractivity contribution in [1.82, 2.24) is 0 Å². The minimum absolute atomic E-state index is 0.270. The molecule has 0 aliphatic rings. The summed E-state index contributed by atoms with van der Waals surface area (Å²) in [7, 11) is 1.31. The lowest BCUT2D eigenvalue weighted by atomic mass is 10.1.